The fraction of sp³-hybridized carbons (Fsp3) is 0.333. The highest BCUT2D eigenvalue weighted by molar-refractivity contribution is 7.08. The predicted octanol–water partition coefficient (Wildman–Crippen LogP) is 3.91. The Morgan fingerprint density at radius 2 is 1.88 bits per heavy atom. The SMILES string of the molecule is Fc1ccc(CN2CCN(Cc3nc(-c4ccsc4)no3)CC2)c(Cl)c1. The van der Waals surface area contributed by atoms with Crippen LogP contribution in [0.4, 0.5) is 4.39 Å². The van der Waals surface area contributed by atoms with E-state index in [4.69, 9.17) is 16.1 Å². The molecule has 4 rings (SSSR count). The molecule has 0 bridgehead atoms. The van der Waals surface area contributed by atoms with Gasteiger partial charge in [-0.1, -0.05) is 22.8 Å². The van der Waals surface area contributed by atoms with Crippen molar-refractivity contribution < 1.29 is 8.91 Å². The molecule has 0 saturated carbocycles. The Balaban J connectivity index is 1.30. The van der Waals surface area contributed by atoms with E-state index in [0.717, 1.165) is 43.9 Å². The fourth-order valence-electron chi connectivity index (χ4n) is 3.02. The van der Waals surface area contributed by atoms with Crippen molar-refractivity contribution in [3.63, 3.8) is 0 Å². The van der Waals surface area contributed by atoms with Crippen molar-refractivity contribution in [2.75, 3.05) is 26.2 Å². The lowest BCUT2D eigenvalue weighted by molar-refractivity contribution is 0.112. The highest BCUT2D eigenvalue weighted by Crippen LogP contribution is 2.21. The fourth-order valence-corrected chi connectivity index (χ4v) is 3.88. The van der Waals surface area contributed by atoms with E-state index in [1.165, 1.54) is 12.1 Å². The molecule has 1 fully saturated rings. The van der Waals surface area contributed by atoms with E-state index in [2.05, 4.69) is 19.9 Å². The van der Waals surface area contributed by atoms with Gasteiger partial charge in [-0.2, -0.15) is 16.3 Å². The number of aromatic nitrogens is 2. The molecule has 0 unspecified atom stereocenters. The maximum Gasteiger partial charge on any atom is 0.241 e. The van der Waals surface area contributed by atoms with Crippen molar-refractivity contribution in [2.24, 2.45) is 0 Å². The minimum absolute atomic E-state index is 0.301. The molecule has 2 aromatic heterocycles. The molecule has 1 saturated heterocycles. The third kappa shape index (κ3) is 4.12. The van der Waals surface area contributed by atoms with Crippen molar-refractivity contribution in [1.82, 2.24) is 19.9 Å². The average Bonchev–Trinajstić information content (AvgIpc) is 3.30. The van der Waals surface area contributed by atoms with Gasteiger partial charge in [-0.15, -0.1) is 0 Å². The first-order valence-corrected chi connectivity index (χ1v) is 9.73. The smallest absolute Gasteiger partial charge is 0.241 e. The molecule has 1 aromatic carbocycles. The van der Waals surface area contributed by atoms with Gasteiger partial charge in [0.1, 0.15) is 5.82 Å². The normalized spacial score (nSPS) is 16.2. The number of rotatable bonds is 5. The number of piperazine rings is 1. The minimum Gasteiger partial charge on any atom is -0.338 e. The number of thiophene rings is 1. The maximum atomic E-state index is 13.2. The Hall–Kier alpha value is -1.80. The van der Waals surface area contributed by atoms with Crippen LogP contribution >= 0.6 is 22.9 Å². The number of halogens is 2. The van der Waals surface area contributed by atoms with Crippen LogP contribution in [0.3, 0.4) is 0 Å². The molecular weight excluding hydrogens is 375 g/mol. The van der Waals surface area contributed by atoms with Crippen LogP contribution in [0.1, 0.15) is 11.5 Å². The molecule has 5 nitrogen and oxygen atoms in total. The number of benzene rings is 1. The van der Waals surface area contributed by atoms with Gasteiger partial charge in [0.05, 0.1) is 6.54 Å². The van der Waals surface area contributed by atoms with Crippen LogP contribution in [-0.2, 0) is 13.1 Å². The topological polar surface area (TPSA) is 45.4 Å². The summed E-state index contributed by atoms with van der Waals surface area (Å²) in [5, 5.41) is 8.54. The Morgan fingerprint density at radius 1 is 1.12 bits per heavy atom. The molecule has 0 amide bonds. The van der Waals surface area contributed by atoms with Gasteiger partial charge in [0.15, 0.2) is 0 Å². The van der Waals surface area contributed by atoms with Gasteiger partial charge in [-0.3, -0.25) is 9.80 Å². The van der Waals surface area contributed by atoms with Crippen molar-refractivity contribution >= 4 is 22.9 Å². The molecule has 8 heteroatoms. The van der Waals surface area contributed by atoms with Gasteiger partial charge in [0.25, 0.3) is 0 Å². The van der Waals surface area contributed by atoms with Gasteiger partial charge in [0, 0.05) is 48.7 Å². The molecular formula is C18H18ClFN4OS. The van der Waals surface area contributed by atoms with Crippen LogP contribution in [0.2, 0.25) is 5.02 Å². The summed E-state index contributed by atoms with van der Waals surface area (Å²) in [6.07, 6.45) is 0. The molecule has 1 aliphatic rings. The Bertz CT molecular complexity index is 862. The molecule has 0 spiro atoms. The average molecular weight is 393 g/mol. The van der Waals surface area contributed by atoms with E-state index < -0.39 is 0 Å². The highest BCUT2D eigenvalue weighted by Gasteiger charge is 2.20. The lowest BCUT2D eigenvalue weighted by atomic mass is 10.2. The quantitative estimate of drug-likeness (QED) is 0.658. The molecule has 0 N–H and O–H groups in total. The largest absolute Gasteiger partial charge is 0.338 e. The summed E-state index contributed by atoms with van der Waals surface area (Å²) in [5.41, 5.74) is 1.95. The lowest BCUT2D eigenvalue weighted by Crippen LogP contribution is -2.45. The summed E-state index contributed by atoms with van der Waals surface area (Å²) in [6, 6.07) is 6.57. The zero-order chi connectivity index (χ0) is 17.9. The summed E-state index contributed by atoms with van der Waals surface area (Å²) < 4.78 is 18.5. The van der Waals surface area contributed by atoms with Gasteiger partial charge in [-0.05, 0) is 29.1 Å². The zero-order valence-electron chi connectivity index (χ0n) is 14.1. The van der Waals surface area contributed by atoms with E-state index in [9.17, 15) is 4.39 Å². The molecule has 0 atom stereocenters. The van der Waals surface area contributed by atoms with Crippen molar-refractivity contribution in [2.45, 2.75) is 13.1 Å². The summed E-state index contributed by atoms with van der Waals surface area (Å²) >= 11 is 7.74. The maximum absolute atomic E-state index is 13.2. The number of hydrogen-bond donors (Lipinski definition) is 0. The summed E-state index contributed by atoms with van der Waals surface area (Å²) in [4.78, 5) is 9.09. The van der Waals surface area contributed by atoms with Crippen molar-refractivity contribution in [3.05, 3.63) is 57.3 Å². The molecule has 3 aromatic rings. The van der Waals surface area contributed by atoms with Crippen LogP contribution in [0, 0.1) is 5.82 Å². The standard InChI is InChI=1S/C18H18ClFN4OS/c19-16-9-15(20)2-1-13(16)10-23-4-6-24(7-5-23)11-17-21-18(22-25-17)14-3-8-26-12-14/h1-3,8-9,12H,4-7,10-11H2. The summed E-state index contributed by atoms with van der Waals surface area (Å²) in [7, 11) is 0. The highest BCUT2D eigenvalue weighted by atomic mass is 35.5. The van der Waals surface area contributed by atoms with Crippen LogP contribution in [-0.4, -0.2) is 46.1 Å². The Kier molecular flexibility index (Phi) is 5.31. The first-order chi connectivity index (χ1) is 12.7. The molecule has 136 valence electrons. The van der Waals surface area contributed by atoms with E-state index >= 15 is 0 Å². The molecule has 1 aliphatic heterocycles. The summed E-state index contributed by atoms with van der Waals surface area (Å²) in [6.45, 7) is 5.04. The van der Waals surface area contributed by atoms with Crippen LogP contribution in [0.15, 0.2) is 39.5 Å². The monoisotopic (exact) mass is 392 g/mol. The van der Waals surface area contributed by atoms with E-state index in [0.29, 0.717) is 23.3 Å². The molecule has 3 heterocycles. The second-order valence-electron chi connectivity index (χ2n) is 6.31. The van der Waals surface area contributed by atoms with E-state index in [1.54, 1.807) is 17.4 Å². The first kappa shape index (κ1) is 17.6. The Morgan fingerprint density at radius 3 is 2.58 bits per heavy atom. The van der Waals surface area contributed by atoms with Crippen molar-refractivity contribution in [3.8, 4) is 11.4 Å². The predicted molar refractivity (Wildman–Crippen MR) is 99.6 cm³/mol. The van der Waals surface area contributed by atoms with Gasteiger partial charge in [-0.25, -0.2) is 4.39 Å². The second-order valence-corrected chi connectivity index (χ2v) is 7.50. The Labute approximate surface area is 160 Å². The lowest BCUT2D eigenvalue weighted by Gasteiger charge is -2.34. The molecule has 26 heavy (non-hydrogen) atoms. The van der Waals surface area contributed by atoms with Crippen LogP contribution in [0.25, 0.3) is 11.4 Å². The number of nitrogens with zero attached hydrogens (tertiary/aromatic N) is 4. The van der Waals surface area contributed by atoms with Crippen molar-refractivity contribution in [1.29, 1.82) is 0 Å². The van der Waals surface area contributed by atoms with Gasteiger partial charge >= 0.3 is 0 Å². The molecule has 0 aliphatic carbocycles. The van der Waals surface area contributed by atoms with Crippen LogP contribution < -0.4 is 0 Å². The zero-order valence-corrected chi connectivity index (χ0v) is 15.6. The van der Waals surface area contributed by atoms with Crippen LogP contribution in [0.5, 0.6) is 0 Å². The van der Waals surface area contributed by atoms with E-state index in [-0.39, 0.29) is 5.82 Å². The number of hydrogen-bond acceptors (Lipinski definition) is 6. The minimum atomic E-state index is -0.301. The van der Waals surface area contributed by atoms with Gasteiger partial charge in [0.2, 0.25) is 11.7 Å². The first-order valence-electron chi connectivity index (χ1n) is 8.41. The van der Waals surface area contributed by atoms with E-state index in [1.807, 2.05) is 16.8 Å². The second kappa shape index (κ2) is 7.84. The third-order valence-electron chi connectivity index (χ3n) is 4.48. The third-order valence-corrected chi connectivity index (χ3v) is 5.52. The summed E-state index contributed by atoms with van der Waals surface area (Å²) in [5.74, 6) is 0.983. The molecule has 0 radical (unpaired) electrons. The van der Waals surface area contributed by atoms with Gasteiger partial charge < -0.3 is 4.52 Å².